The van der Waals surface area contributed by atoms with Gasteiger partial charge in [0, 0.05) is 5.75 Å². The fraction of sp³-hybridized carbons (Fsp3) is 0.600. The minimum atomic E-state index is -1.04. The lowest BCUT2D eigenvalue weighted by atomic mass is 10.4. The number of halogens is 1. The van der Waals surface area contributed by atoms with Crippen LogP contribution in [0.1, 0.15) is 0 Å². The van der Waals surface area contributed by atoms with Crippen LogP contribution in [-0.4, -0.2) is 33.2 Å². The minimum absolute atomic E-state index is 0.122. The number of aliphatic carboxylic acids is 1. The highest BCUT2D eigenvalue weighted by molar-refractivity contribution is 14.1. The molecule has 0 spiro atoms. The van der Waals surface area contributed by atoms with Gasteiger partial charge in [-0.25, -0.2) is 5.43 Å². The summed E-state index contributed by atoms with van der Waals surface area (Å²) in [6, 6.07) is -0.847. The maximum absolute atomic E-state index is 10.7. The van der Waals surface area contributed by atoms with E-state index in [1.165, 1.54) is 0 Å². The number of hydrogen-bond donors (Lipinski definition) is 4. The maximum atomic E-state index is 10.7. The zero-order chi connectivity index (χ0) is 9.56. The van der Waals surface area contributed by atoms with Crippen molar-refractivity contribution in [3.8, 4) is 0 Å². The van der Waals surface area contributed by atoms with Gasteiger partial charge in [-0.05, 0) is 0 Å². The molecule has 0 aromatic heterocycles. The first-order valence-electron chi connectivity index (χ1n) is 3.05. The monoisotopic (exact) mass is 304 g/mol. The van der Waals surface area contributed by atoms with Crippen LogP contribution in [0.4, 0.5) is 0 Å². The summed E-state index contributed by atoms with van der Waals surface area (Å²) in [6.45, 7) is 0. The summed E-state index contributed by atoms with van der Waals surface area (Å²) in [5.74, 6) is -1.18. The van der Waals surface area contributed by atoms with Crippen molar-refractivity contribution in [2.45, 2.75) is 6.04 Å². The van der Waals surface area contributed by atoms with E-state index in [1.807, 2.05) is 22.6 Å². The van der Waals surface area contributed by atoms with E-state index in [-0.39, 0.29) is 16.1 Å². The van der Waals surface area contributed by atoms with Gasteiger partial charge in [0.15, 0.2) is 0 Å². The number of carbonyl (C=O) groups excluding carboxylic acids is 1. The number of amides is 1. The lowest BCUT2D eigenvalue weighted by molar-refractivity contribution is -0.139. The molecule has 0 rings (SSSR count). The second-order valence-corrected chi connectivity index (χ2v) is 3.03. The molecule has 70 valence electrons. The fourth-order valence-electron chi connectivity index (χ4n) is 0.386. The number of carboxylic acid groups (broad SMARTS) is 1. The third kappa shape index (κ3) is 4.78. The first kappa shape index (κ1) is 12.0. The molecule has 0 aliphatic heterocycles. The van der Waals surface area contributed by atoms with Gasteiger partial charge in [0.2, 0.25) is 5.91 Å². The molecule has 0 aliphatic carbocycles. The number of alkyl halides is 1. The molecule has 0 saturated heterocycles. The Morgan fingerprint density at radius 3 is 2.50 bits per heavy atom. The molecule has 0 aromatic rings. The Bertz CT molecular complexity index is 178. The number of nitrogens with one attached hydrogen (secondary N) is 2. The molecule has 5 nitrogen and oxygen atoms in total. The molecule has 0 saturated carbocycles. The van der Waals surface area contributed by atoms with Crippen molar-refractivity contribution in [1.29, 1.82) is 0 Å². The Labute approximate surface area is 88.8 Å². The average molecular weight is 304 g/mol. The van der Waals surface area contributed by atoms with E-state index in [2.05, 4.69) is 23.5 Å². The Morgan fingerprint density at radius 2 is 2.17 bits per heavy atom. The van der Waals surface area contributed by atoms with Crippen LogP contribution < -0.4 is 10.9 Å². The van der Waals surface area contributed by atoms with Crippen molar-refractivity contribution in [2.24, 2.45) is 0 Å². The van der Waals surface area contributed by atoms with E-state index in [0.29, 0.717) is 0 Å². The molecule has 0 bridgehead atoms. The number of rotatable bonds is 5. The second kappa shape index (κ2) is 6.49. The van der Waals surface area contributed by atoms with Crippen LogP contribution in [-0.2, 0) is 9.59 Å². The van der Waals surface area contributed by atoms with Crippen LogP contribution in [0.25, 0.3) is 0 Å². The van der Waals surface area contributed by atoms with E-state index in [4.69, 9.17) is 5.11 Å². The van der Waals surface area contributed by atoms with E-state index < -0.39 is 12.0 Å². The molecule has 1 amide bonds. The number of thiol groups is 1. The van der Waals surface area contributed by atoms with E-state index in [1.54, 1.807) is 0 Å². The molecule has 0 aromatic carbocycles. The molecule has 12 heavy (non-hydrogen) atoms. The predicted molar refractivity (Wildman–Crippen MR) is 55.4 cm³/mol. The highest BCUT2D eigenvalue weighted by Crippen LogP contribution is 1.86. The molecule has 0 heterocycles. The van der Waals surface area contributed by atoms with Crippen LogP contribution in [0.5, 0.6) is 0 Å². The fourth-order valence-corrected chi connectivity index (χ4v) is 0.825. The Kier molecular flexibility index (Phi) is 6.48. The number of carbonyl (C=O) groups is 2. The van der Waals surface area contributed by atoms with E-state index >= 15 is 0 Å². The maximum Gasteiger partial charge on any atom is 0.323 e. The van der Waals surface area contributed by atoms with Gasteiger partial charge in [-0.1, -0.05) is 22.6 Å². The van der Waals surface area contributed by atoms with Crippen molar-refractivity contribution in [3.63, 3.8) is 0 Å². The van der Waals surface area contributed by atoms with Gasteiger partial charge in [0.1, 0.15) is 6.04 Å². The molecular formula is C5H9IN2O3S. The summed E-state index contributed by atoms with van der Waals surface area (Å²) in [6.07, 6.45) is 0. The Morgan fingerprint density at radius 1 is 1.58 bits per heavy atom. The van der Waals surface area contributed by atoms with Gasteiger partial charge in [-0.3, -0.25) is 15.0 Å². The van der Waals surface area contributed by atoms with Gasteiger partial charge >= 0.3 is 5.97 Å². The second-order valence-electron chi connectivity index (χ2n) is 1.90. The van der Waals surface area contributed by atoms with Crippen LogP contribution in [0, 0.1) is 0 Å². The number of hydrogen-bond acceptors (Lipinski definition) is 4. The van der Waals surface area contributed by atoms with Crippen LogP contribution in [0.2, 0.25) is 0 Å². The average Bonchev–Trinajstić information content (AvgIpc) is 2.04. The van der Waals surface area contributed by atoms with Crippen LogP contribution >= 0.6 is 35.2 Å². The highest BCUT2D eigenvalue weighted by Gasteiger charge is 2.14. The molecule has 1 atom stereocenters. The normalized spacial score (nSPS) is 12.2. The lowest BCUT2D eigenvalue weighted by Gasteiger charge is -2.11. The van der Waals surface area contributed by atoms with Crippen molar-refractivity contribution < 1.29 is 14.7 Å². The molecule has 0 aliphatic rings. The zero-order valence-electron chi connectivity index (χ0n) is 6.08. The number of hydrazine groups is 1. The molecule has 7 heteroatoms. The molecule has 0 fully saturated rings. The summed E-state index contributed by atoms with van der Waals surface area (Å²) in [4.78, 5) is 21.0. The highest BCUT2D eigenvalue weighted by atomic mass is 127. The lowest BCUT2D eigenvalue weighted by Crippen LogP contribution is -2.49. The third-order valence-electron chi connectivity index (χ3n) is 0.988. The van der Waals surface area contributed by atoms with Crippen molar-refractivity contribution >= 4 is 47.1 Å². The first-order chi connectivity index (χ1) is 5.61. The summed E-state index contributed by atoms with van der Waals surface area (Å²) in [5.41, 5.74) is 4.58. The predicted octanol–water partition coefficient (Wildman–Crippen LogP) is -0.575. The van der Waals surface area contributed by atoms with Gasteiger partial charge in [0.05, 0.1) is 4.43 Å². The zero-order valence-corrected chi connectivity index (χ0v) is 9.13. The molecule has 3 N–H and O–H groups in total. The summed E-state index contributed by atoms with van der Waals surface area (Å²) >= 11 is 5.66. The first-order valence-corrected chi connectivity index (χ1v) is 5.21. The summed E-state index contributed by atoms with van der Waals surface area (Å²) < 4.78 is 0.281. The van der Waals surface area contributed by atoms with Crippen LogP contribution in [0.15, 0.2) is 0 Å². The van der Waals surface area contributed by atoms with Crippen molar-refractivity contribution in [3.05, 3.63) is 0 Å². The minimum Gasteiger partial charge on any atom is -0.480 e. The van der Waals surface area contributed by atoms with Crippen molar-refractivity contribution in [1.82, 2.24) is 10.9 Å². The van der Waals surface area contributed by atoms with Gasteiger partial charge in [-0.2, -0.15) is 12.6 Å². The van der Waals surface area contributed by atoms with Gasteiger partial charge in [0.25, 0.3) is 0 Å². The van der Waals surface area contributed by atoms with Gasteiger partial charge in [-0.15, -0.1) is 0 Å². The Hall–Kier alpha value is -0.0200. The largest absolute Gasteiger partial charge is 0.480 e. The summed E-state index contributed by atoms with van der Waals surface area (Å²) in [5, 5.41) is 8.49. The summed E-state index contributed by atoms with van der Waals surface area (Å²) in [7, 11) is 0. The SMILES string of the molecule is O=C(CI)NN[C@@H](CS)C(=O)O. The topological polar surface area (TPSA) is 78.4 Å². The molecule has 0 radical (unpaired) electrons. The quantitative estimate of drug-likeness (QED) is 0.237. The Balaban J connectivity index is 3.73. The van der Waals surface area contributed by atoms with E-state index in [9.17, 15) is 9.59 Å². The smallest absolute Gasteiger partial charge is 0.323 e. The molecular weight excluding hydrogens is 295 g/mol. The van der Waals surface area contributed by atoms with E-state index in [0.717, 1.165) is 0 Å². The van der Waals surface area contributed by atoms with Crippen LogP contribution in [0.3, 0.4) is 0 Å². The number of carboxylic acids is 1. The van der Waals surface area contributed by atoms with Crippen molar-refractivity contribution in [2.75, 3.05) is 10.2 Å². The van der Waals surface area contributed by atoms with Gasteiger partial charge < -0.3 is 5.11 Å². The molecule has 0 unspecified atom stereocenters. The standard InChI is InChI=1S/C5H9IN2O3S/c6-1-4(9)8-7-3(2-12)5(10)11/h3,7,12H,1-2H2,(H,8,9)(H,10,11)/t3-/m0/s1. The third-order valence-corrected chi connectivity index (χ3v) is 2.05.